The summed E-state index contributed by atoms with van der Waals surface area (Å²) in [6, 6.07) is 5.47. The van der Waals surface area contributed by atoms with Gasteiger partial charge in [-0.05, 0) is 24.1 Å². The van der Waals surface area contributed by atoms with Crippen LogP contribution in [0.25, 0.3) is 0 Å². The van der Waals surface area contributed by atoms with Gasteiger partial charge in [0.1, 0.15) is 5.82 Å². The van der Waals surface area contributed by atoms with E-state index in [1.165, 1.54) is 24.3 Å². The van der Waals surface area contributed by atoms with E-state index >= 15 is 0 Å². The molecule has 2 atom stereocenters. The van der Waals surface area contributed by atoms with Gasteiger partial charge in [-0.3, -0.25) is 4.79 Å². The van der Waals surface area contributed by atoms with E-state index in [1.807, 2.05) is 13.8 Å². The number of benzene rings is 1. The molecule has 0 bridgehead atoms. The first-order chi connectivity index (χ1) is 8.04. The molecule has 0 aromatic heterocycles. The number of hydrogen-bond acceptors (Lipinski definition) is 2. The summed E-state index contributed by atoms with van der Waals surface area (Å²) in [5, 5.41) is 12.3. The van der Waals surface area contributed by atoms with Crippen LogP contribution < -0.4 is 5.32 Å². The van der Waals surface area contributed by atoms with Gasteiger partial charge in [-0.15, -0.1) is 0 Å². The normalized spacial score (nSPS) is 14.1. The van der Waals surface area contributed by atoms with Crippen molar-refractivity contribution < 1.29 is 14.3 Å². The Morgan fingerprint density at radius 3 is 2.82 bits per heavy atom. The number of carbonyl (C=O) groups is 1. The van der Waals surface area contributed by atoms with Gasteiger partial charge in [0.2, 0.25) is 0 Å². The lowest BCUT2D eigenvalue weighted by Gasteiger charge is -2.17. The third-order valence-corrected chi connectivity index (χ3v) is 2.86. The van der Waals surface area contributed by atoms with E-state index in [4.69, 9.17) is 0 Å². The number of carbonyl (C=O) groups excluding carboxylic acids is 1. The SMILES string of the molecule is CCC(C)C(O)CNC(=O)c1cccc(F)c1. The number of aliphatic hydroxyl groups excluding tert-OH is 1. The Morgan fingerprint density at radius 2 is 2.24 bits per heavy atom. The predicted molar refractivity (Wildman–Crippen MR) is 64.2 cm³/mol. The number of halogens is 1. The van der Waals surface area contributed by atoms with Gasteiger partial charge in [0.15, 0.2) is 0 Å². The highest BCUT2D eigenvalue weighted by Gasteiger charge is 2.14. The molecule has 0 aliphatic rings. The smallest absolute Gasteiger partial charge is 0.251 e. The summed E-state index contributed by atoms with van der Waals surface area (Å²) < 4.78 is 12.9. The second-order valence-corrected chi connectivity index (χ2v) is 4.17. The minimum Gasteiger partial charge on any atom is -0.391 e. The van der Waals surface area contributed by atoms with Gasteiger partial charge >= 0.3 is 0 Å². The van der Waals surface area contributed by atoms with Crippen LogP contribution in [0.2, 0.25) is 0 Å². The summed E-state index contributed by atoms with van der Waals surface area (Å²) >= 11 is 0. The maximum absolute atomic E-state index is 12.9. The molecule has 0 radical (unpaired) electrons. The molecule has 17 heavy (non-hydrogen) atoms. The Labute approximate surface area is 101 Å². The number of hydrogen-bond donors (Lipinski definition) is 2. The average molecular weight is 239 g/mol. The summed E-state index contributed by atoms with van der Waals surface area (Å²) in [7, 11) is 0. The second kappa shape index (κ2) is 6.35. The molecule has 1 rings (SSSR count). The van der Waals surface area contributed by atoms with Crippen LogP contribution >= 0.6 is 0 Å². The van der Waals surface area contributed by atoms with E-state index in [0.717, 1.165) is 6.42 Å². The Balaban J connectivity index is 2.50. The molecule has 2 N–H and O–H groups in total. The van der Waals surface area contributed by atoms with E-state index < -0.39 is 11.9 Å². The molecule has 94 valence electrons. The molecule has 1 aromatic carbocycles. The van der Waals surface area contributed by atoms with Crippen LogP contribution in [0.5, 0.6) is 0 Å². The molecule has 0 heterocycles. The molecule has 0 spiro atoms. The van der Waals surface area contributed by atoms with Crippen molar-refractivity contribution in [3.05, 3.63) is 35.6 Å². The Hall–Kier alpha value is -1.42. The lowest BCUT2D eigenvalue weighted by atomic mass is 10.0. The molecule has 0 aliphatic carbocycles. The van der Waals surface area contributed by atoms with Gasteiger partial charge in [-0.1, -0.05) is 26.3 Å². The molecule has 0 fully saturated rings. The lowest BCUT2D eigenvalue weighted by molar-refractivity contribution is 0.0850. The zero-order chi connectivity index (χ0) is 12.8. The summed E-state index contributed by atoms with van der Waals surface area (Å²) in [5.41, 5.74) is 0.265. The third-order valence-electron chi connectivity index (χ3n) is 2.86. The molecule has 3 nitrogen and oxygen atoms in total. The number of aliphatic hydroxyl groups is 1. The molecule has 0 saturated carbocycles. The van der Waals surface area contributed by atoms with Crippen molar-refractivity contribution in [2.75, 3.05) is 6.54 Å². The minimum atomic E-state index is -0.572. The van der Waals surface area contributed by atoms with Crippen molar-refractivity contribution >= 4 is 5.91 Å². The molecule has 2 unspecified atom stereocenters. The first-order valence-electron chi connectivity index (χ1n) is 5.76. The van der Waals surface area contributed by atoms with Crippen LogP contribution in [0.1, 0.15) is 30.6 Å². The van der Waals surface area contributed by atoms with E-state index in [0.29, 0.717) is 0 Å². The number of nitrogens with one attached hydrogen (secondary N) is 1. The zero-order valence-corrected chi connectivity index (χ0v) is 10.1. The highest BCUT2D eigenvalue weighted by Crippen LogP contribution is 2.07. The van der Waals surface area contributed by atoms with Gasteiger partial charge in [0.05, 0.1) is 6.10 Å². The Kier molecular flexibility index (Phi) is 5.10. The Bertz CT molecular complexity index is 381. The number of amides is 1. The fourth-order valence-electron chi connectivity index (χ4n) is 1.40. The first kappa shape index (κ1) is 13.6. The van der Waals surface area contributed by atoms with Gasteiger partial charge in [-0.2, -0.15) is 0 Å². The fraction of sp³-hybridized carbons (Fsp3) is 0.462. The molecular weight excluding hydrogens is 221 g/mol. The summed E-state index contributed by atoms with van der Waals surface area (Å²) in [6.07, 6.45) is 0.272. The van der Waals surface area contributed by atoms with E-state index in [9.17, 15) is 14.3 Å². The van der Waals surface area contributed by atoms with E-state index in [-0.39, 0.29) is 23.9 Å². The summed E-state index contributed by atoms with van der Waals surface area (Å²) in [5.74, 6) is -0.685. The minimum absolute atomic E-state index is 0.128. The topological polar surface area (TPSA) is 49.3 Å². The van der Waals surface area contributed by atoms with Crippen LogP contribution in [0, 0.1) is 11.7 Å². The molecule has 1 amide bonds. The van der Waals surface area contributed by atoms with Crippen LogP contribution in [0.4, 0.5) is 4.39 Å². The number of rotatable bonds is 5. The molecular formula is C13H18FNO2. The summed E-state index contributed by atoms with van der Waals surface area (Å²) in [4.78, 5) is 11.6. The second-order valence-electron chi connectivity index (χ2n) is 4.17. The first-order valence-corrected chi connectivity index (χ1v) is 5.76. The zero-order valence-electron chi connectivity index (χ0n) is 10.1. The average Bonchev–Trinajstić information content (AvgIpc) is 2.34. The van der Waals surface area contributed by atoms with Crippen molar-refractivity contribution in [3.8, 4) is 0 Å². The standard InChI is InChI=1S/C13H18FNO2/c1-3-9(2)12(16)8-15-13(17)10-5-4-6-11(14)7-10/h4-7,9,12,16H,3,8H2,1-2H3,(H,15,17). The van der Waals surface area contributed by atoms with Crippen LogP contribution in [0.3, 0.4) is 0 Å². The quantitative estimate of drug-likeness (QED) is 0.825. The van der Waals surface area contributed by atoms with Crippen molar-refractivity contribution in [3.63, 3.8) is 0 Å². The van der Waals surface area contributed by atoms with Gasteiger partial charge in [0, 0.05) is 12.1 Å². The molecule has 0 aliphatic heterocycles. The highest BCUT2D eigenvalue weighted by molar-refractivity contribution is 5.94. The fourth-order valence-corrected chi connectivity index (χ4v) is 1.40. The largest absolute Gasteiger partial charge is 0.391 e. The molecule has 1 aromatic rings. The van der Waals surface area contributed by atoms with E-state index in [1.54, 1.807) is 0 Å². The van der Waals surface area contributed by atoms with Crippen molar-refractivity contribution in [2.24, 2.45) is 5.92 Å². The lowest BCUT2D eigenvalue weighted by Crippen LogP contribution is -2.35. The monoisotopic (exact) mass is 239 g/mol. The van der Waals surface area contributed by atoms with Crippen LogP contribution in [-0.2, 0) is 0 Å². The van der Waals surface area contributed by atoms with Gasteiger partial charge < -0.3 is 10.4 Å². The van der Waals surface area contributed by atoms with Gasteiger partial charge in [0.25, 0.3) is 5.91 Å². The molecule has 0 saturated heterocycles. The van der Waals surface area contributed by atoms with Crippen molar-refractivity contribution in [1.29, 1.82) is 0 Å². The van der Waals surface area contributed by atoms with Crippen molar-refractivity contribution in [2.45, 2.75) is 26.4 Å². The maximum atomic E-state index is 12.9. The van der Waals surface area contributed by atoms with Gasteiger partial charge in [-0.25, -0.2) is 4.39 Å². The predicted octanol–water partition coefficient (Wildman–Crippen LogP) is 1.96. The van der Waals surface area contributed by atoms with Crippen LogP contribution in [-0.4, -0.2) is 23.7 Å². The third kappa shape index (κ3) is 4.15. The van der Waals surface area contributed by atoms with E-state index in [2.05, 4.69) is 5.32 Å². The molecule has 4 heteroatoms. The summed E-state index contributed by atoms with van der Waals surface area (Å²) in [6.45, 7) is 4.08. The Morgan fingerprint density at radius 1 is 1.53 bits per heavy atom. The highest BCUT2D eigenvalue weighted by atomic mass is 19.1. The van der Waals surface area contributed by atoms with Crippen molar-refractivity contribution in [1.82, 2.24) is 5.32 Å². The maximum Gasteiger partial charge on any atom is 0.251 e. The van der Waals surface area contributed by atoms with Crippen LogP contribution in [0.15, 0.2) is 24.3 Å².